The van der Waals surface area contributed by atoms with Crippen molar-refractivity contribution in [2.24, 2.45) is 7.05 Å². The van der Waals surface area contributed by atoms with Gasteiger partial charge in [-0.3, -0.25) is 9.59 Å². The summed E-state index contributed by atoms with van der Waals surface area (Å²) in [6.45, 7) is 0.197. The fraction of sp³-hybridized carbons (Fsp3) is 0.125. The van der Waals surface area contributed by atoms with Crippen molar-refractivity contribution in [1.82, 2.24) is 9.88 Å². The molecule has 106 valence electrons. The summed E-state index contributed by atoms with van der Waals surface area (Å²) in [7, 11) is 1.85. The van der Waals surface area contributed by atoms with E-state index in [1.54, 1.807) is 18.3 Å². The molecule has 5 nitrogen and oxygen atoms in total. The molecule has 0 fully saturated rings. The van der Waals surface area contributed by atoms with Crippen LogP contribution in [0.4, 0.5) is 0 Å². The van der Waals surface area contributed by atoms with Gasteiger partial charge in [0.25, 0.3) is 11.7 Å². The molecule has 1 aromatic carbocycles. The highest BCUT2D eigenvalue weighted by molar-refractivity contribution is 6.44. The van der Waals surface area contributed by atoms with Crippen LogP contribution in [0.1, 0.15) is 16.1 Å². The van der Waals surface area contributed by atoms with Crippen molar-refractivity contribution in [3.05, 3.63) is 60.2 Å². The highest BCUT2D eigenvalue weighted by atomic mass is 16.3. The number of hydrogen-bond acceptors (Lipinski definition) is 3. The van der Waals surface area contributed by atoms with Gasteiger partial charge in [0, 0.05) is 24.1 Å². The Morgan fingerprint density at radius 1 is 1.19 bits per heavy atom. The number of aryl methyl sites for hydroxylation is 1. The minimum absolute atomic E-state index is 0.197. The van der Waals surface area contributed by atoms with Gasteiger partial charge in [0.1, 0.15) is 5.76 Å². The molecule has 5 heteroatoms. The molecule has 1 N–H and O–H groups in total. The molecule has 0 radical (unpaired) electrons. The summed E-state index contributed by atoms with van der Waals surface area (Å²) in [5.41, 5.74) is 1.32. The summed E-state index contributed by atoms with van der Waals surface area (Å²) < 4.78 is 6.95. The van der Waals surface area contributed by atoms with Gasteiger partial charge in [-0.05, 0) is 18.2 Å². The molecular weight excluding hydrogens is 268 g/mol. The van der Waals surface area contributed by atoms with Gasteiger partial charge in [-0.2, -0.15) is 0 Å². The molecule has 0 aliphatic rings. The van der Waals surface area contributed by atoms with Crippen LogP contribution >= 0.6 is 0 Å². The first kappa shape index (κ1) is 13.2. The van der Waals surface area contributed by atoms with Gasteiger partial charge in [-0.1, -0.05) is 18.2 Å². The van der Waals surface area contributed by atoms with E-state index in [1.165, 1.54) is 6.26 Å². The average molecular weight is 282 g/mol. The predicted molar refractivity (Wildman–Crippen MR) is 77.8 cm³/mol. The molecule has 3 rings (SSSR count). The van der Waals surface area contributed by atoms with Gasteiger partial charge in [0.2, 0.25) is 0 Å². The minimum atomic E-state index is -0.636. The van der Waals surface area contributed by atoms with E-state index in [4.69, 9.17) is 4.42 Å². The number of aromatic nitrogens is 1. The molecule has 0 atom stereocenters. The van der Waals surface area contributed by atoms with Crippen molar-refractivity contribution in [2.75, 3.05) is 0 Å². The number of benzene rings is 1. The fourth-order valence-electron chi connectivity index (χ4n) is 2.31. The lowest BCUT2D eigenvalue weighted by atomic mass is 10.1. The topological polar surface area (TPSA) is 64.2 Å². The summed E-state index contributed by atoms with van der Waals surface area (Å²) >= 11 is 0. The highest BCUT2D eigenvalue weighted by Crippen LogP contribution is 2.20. The molecule has 2 heterocycles. The Morgan fingerprint density at radius 2 is 2.00 bits per heavy atom. The first-order valence-electron chi connectivity index (χ1n) is 6.56. The van der Waals surface area contributed by atoms with Crippen LogP contribution < -0.4 is 5.32 Å². The molecule has 21 heavy (non-hydrogen) atoms. The molecule has 2 aromatic heterocycles. The van der Waals surface area contributed by atoms with Crippen molar-refractivity contribution in [1.29, 1.82) is 0 Å². The van der Waals surface area contributed by atoms with Crippen LogP contribution in [0.5, 0.6) is 0 Å². The Morgan fingerprint density at radius 3 is 2.76 bits per heavy atom. The fourth-order valence-corrected chi connectivity index (χ4v) is 2.31. The lowest BCUT2D eigenvalue weighted by molar-refractivity contribution is -0.117. The smallest absolute Gasteiger partial charge is 0.292 e. The molecule has 1 amide bonds. The Labute approximate surface area is 121 Å². The number of para-hydroxylation sites is 1. The standard InChI is InChI=1S/C16H14N2O3/c1-18-10-13(12-6-2-3-7-14(12)18)15(19)16(20)17-9-11-5-4-8-21-11/h2-8,10H,9H2,1H3,(H,17,20). The van der Waals surface area contributed by atoms with Gasteiger partial charge >= 0.3 is 0 Å². The lowest BCUT2D eigenvalue weighted by Crippen LogP contribution is -2.30. The number of rotatable bonds is 4. The number of nitrogens with zero attached hydrogens (tertiary/aromatic N) is 1. The maximum Gasteiger partial charge on any atom is 0.292 e. The normalized spacial score (nSPS) is 10.7. The van der Waals surface area contributed by atoms with E-state index in [2.05, 4.69) is 5.32 Å². The van der Waals surface area contributed by atoms with Crippen LogP contribution in [0.15, 0.2) is 53.3 Å². The predicted octanol–water partition coefficient (Wildman–Crippen LogP) is 2.27. The number of hydrogen-bond donors (Lipinski definition) is 1. The van der Waals surface area contributed by atoms with Crippen LogP contribution in [0.2, 0.25) is 0 Å². The lowest BCUT2D eigenvalue weighted by Gasteiger charge is -2.01. The molecule has 0 bridgehead atoms. The Hall–Kier alpha value is -2.82. The van der Waals surface area contributed by atoms with Gasteiger partial charge < -0.3 is 14.3 Å². The van der Waals surface area contributed by atoms with Crippen LogP contribution in [0.3, 0.4) is 0 Å². The van der Waals surface area contributed by atoms with E-state index >= 15 is 0 Å². The molecule has 0 unspecified atom stereocenters. The second kappa shape index (κ2) is 5.28. The summed E-state index contributed by atoms with van der Waals surface area (Å²) in [5, 5.41) is 3.34. The van der Waals surface area contributed by atoms with Crippen LogP contribution in [-0.4, -0.2) is 16.3 Å². The third-order valence-corrected chi connectivity index (χ3v) is 3.35. The molecule has 0 saturated carbocycles. The molecule has 0 saturated heterocycles. The van der Waals surface area contributed by atoms with Crippen molar-refractivity contribution in [3.8, 4) is 0 Å². The largest absolute Gasteiger partial charge is 0.467 e. The summed E-state index contributed by atoms with van der Waals surface area (Å²) in [6.07, 6.45) is 3.20. The number of carbonyl (C=O) groups is 2. The number of Topliss-reactive ketones (excluding diaryl/α,β-unsaturated/α-hetero) is 1. The van der Waals surface area contributed by atoms with Gasteiger partial charge in [0.05, 0.1) is 18.4 Å². The molecule has 0 aliphatic heterocycles. The van der Waals surface area contributed by atoms with Crippen molar-refractivity contribution in [2.45, 2.75) is 6.54 Å². The number of furan rings is 1. The van der Waals surface area contributed by atoms with E-state index in [0.717, 1.165) is 10.9 Å². The first-order chi connectivity index (χ1) is 10.2. The monoisotopic (exact) mass is 282 g/mol. The van der Waals surface area contributed by atoms with Crippen LogP contribution in [0.25, 0.3) is 10.9 Å². The number of nitrogens with one attached hydrogen (secondary N) is 1. The Bertz CT molecular complexity index is 800. The number of carbonyl (C=O) groups excluding carboxylic acids is 2. The second-order valence-corrected chi connectivity index (χ2v) is 4.76. The van der Waals surface area contributed by atoms with Crippen LogP contribution in [-0.2, 0) is 18.4 Å². The summed E-state index contributed by atoms with van der Waals surface area (Å²) in [4.78, 5) is 24.3. The third-order valence-electron chi connectivity index (χ3n) is 3.35. The van der Waals surface area contributed by atoms with Crippen molar-refractivity contribution >= 4 is 22.6 Å². The summed E-state index contributed by atoms with van der Waals surface area (Å²) in [6, 6.07) is 11.0. The first-order valence-corrected chi connectivity index (χ1v) is 6.56. The van der Waals surface area contributed by atoms with E-state index in [9.17, 15) is 9.59 Å². The van der Waals surface area contributed by atoms with E-state index < -0.39 is 11.7 Å². The van der Waals surface area contributed by atoms with E-state index in [-0.39, 0.29) is 6.54 Å². The number of fused-ring (bicyclic) bond motifs is 1. The maximum atomic E-state index is 12.3. The quantitative estimate of drug-likeness (QED) is 0.589. The van der Waals surface area contributed by atoms with Gasteiger partial charge in [0.15, 0.2) is 0 Å². The molecule has 0 aliphatic carbocycles. The summed E-state index contributed by atoms with van der Waals surface area (Å²) in [5.74, 6) is -0.574. The zero-order valence-electron chi connectivity index (χ0n) is 11.5. The zero-order chi connectivity index (χ0) is 14.8. The SMILES string of the molecule is Cn1cc(C(=O)C(=O)NCc2ccco2)c2ccccc21. The van der Waals surface area contributed by atoms with Crippen LogP contribution in [0, 0.1) is 0 Å². The molecular formula is C16H14N2O3. The van der Waals surface area contributed by atoms with Crippen molar-refractivity contribution < 1.29 is 14.0 Å². The highest BCUT2D eigenvalue weighted by Gasteiger charge is 2.20. The number of ketones is 1. The molecule has 0 spiro atoms. The third kappa shape index (κ3) is 2.45. The van der Waals surface area contributed by atoms with Gasteiger partial charge in [-0.25, -0.2) is 0 Å². The average Bonchev–Trinajstić information content (AvgIpc) is 3.13. The van der Waals surface area contributed by atoms with E-state index in [0.29, 0.717) is 11.3 Å². The number of amides is 1. The minimum Gasteiger partial charge on any atom is -0.467 e. The van der Waals surface area contributed by atoms with Crippen molar-refractivity contribution in [3.63, 3.8) is 0 Å². The zero-order valence-corrected chi connectivity index (χ0v) is 11.5. The maximum absolute atomic E-state index is 12.3. The van der Waals surface area contributed by atoms with E-state index in [1.807, 2.05) is 35.9 Å². The second-order valence-electron chi connectivity index (χ2n) is 4.76. The Balaban J connectivity index is 1.81. The van der Waals surface area contributed by atoms with Gasteiger partial charge in [-0.15, -0.1) is 0 Å². The molecule has 3 aromatic rings. The Kier molecular flexibility index (Phi) is 3.31.